The van der Waals surface area contributed by atoms with E-state index in [4.69, 9.17) is 0 Å². The van der Waals surface area contributed by atoms with Crippen LogP contribution in [-0.4, -0.2) is 16.7 Å². The van der Waals surface area contributed by atoms with E-state index in [1.807, 2.05) is 5.01 Å². The van der Waals surface area contributed by atoms with Gasteiger partial charge in [0.2, 0.25) is 0 Å². The molecule has 0 saturated heterocycles. The topological polar surface area (TPSA) is 42.1 Å². The van der Waals surface area contributed by atoms with E-state index in [1.165, 1.54) is 0 Å². The Balaban J connectivity index is 2.72. The molecule has 0 aromatic heterocycles. The van der Waals surface area contributed by atoms with Crippen molar-refractivity contribution in [3.8, 4) is 0 Å². The third kappa shape index (κ3) is 2.16. The molecule has 2 atom stereocenters. The van der Waals surface area contributed by atoms with Gasteiger partial charge in [-0.05, 0) is 32.6 Å². The fourth-order valence-electron chi connectivity index (χ4n) is 1.42. The summed E-state index contributed by atoms with van der Waals surface area (Å²) in [4.78, 5) is 0. The predicted molar refractivity (Wildman–Crippen MR) is 57.6 cm³/mol. The van der Waals surface area contributed by atoms with Gasteiger partial charge in [0, 0.05) is 5.54 Å². The van der Waals surface area contributed by atoms with Crippen LogP contribution < -0.4 is 0 Å². The molecule has 14 heavy (non-hydrogen) atoms. The smallest absolute Gasteiger partial charge is 0.0519 e. The van der Waals surface area contributed by atoms with Crippen LogP contribution in [0.3, 0.4) is 0 Å². The second-order valence-corrected chi connectivity index (χ2v) is 5.33. The van der Waals surface area contributed by atoms with Gasteiger partial charge in [-0.2, -0.15) is 0 Å². The molecular weight excluding hydrogens is 176 g/mol. The highest BCUT2D eigenvalue weighted by Crippen LogP contribution is 2.33. The van der Waals surface area contributed by atoms with Gasteiger partial charge in [-0.25, -0.2) is 0 Å². The molecule has 1 heterocycles. The van der Waals surface area contributed by atoms with Crippen LogP contribution in [0.2, 0.25) is 0 Å². The van der Waals surface area contributed by atoms with E-state index in [-0.39, 0.29) is 11.7 Å². The van der Waals surface area contributed by atoms with E-state index in [1.54, 1.807) is 0 Å². The van der Waals surface area contributed by atoms with Crippen molar-refractivity contribution in [3.63, 3.8) is 0 Å². The van der Waals surface area contributed by atoms with Crippen LogP contribution in [0.25, 0.3) is 5.43 Å². The normalized spacial score (nSPS) is 24.2. The molecule has 4 heteroatoms. The Kier molecular flexibility index (Phi) is 3.02. The van der Waals surface area contributed by atoms with Crippen molar-refractivity contribution in [1.29, 1.82) is 0 Å². The maximum Gasteiger partial charge on any atom is 0.0519 e. The van der Waals surface area contributed by atoms with Crippen molar-refractivity contribution < 1.29 is 0 Å². The van der Waals surface area contributed by atoms with E-state index >= 15 is 0 Å². The number of nitrogens with zero attached hydrogens (tertiary/aromatic N) is 4. The molecular formula is C10H21N4-. The summed E-state index contributed by atoms with van der Waals surface area (Å²) in [5.74, 6) is 1.07. The van der Waals surface area contributed by atoms with E-state index in [9.17, 15) is 0 Å². The van der Waals surface area contributed by atoms with Crippen molar-refractivity contribution in [2.45, 2.75) is 53.2 Å². The van der Waals surface area contributed by atoms with E-state index in [0.717, 1.165) is 0 Å². The van der Waals surface area contributed by atoms with Crippen LogP contribution in [0.4, 0.5) is 0 Å². The third-order valence-corrected chi connectivity index (χ3v) is 2.77. The number of hydrogen-bond donors (Lipinski definition) is 0. The van der Waals surface area contributed by atoms with E-state index in [2.05, 4.69) is 57.4 Å². The molecule has 1 aliphatic heterocycles. The molecule has 0 bridgehead atoms. The van der Waals surface area contributed by atoms with Crippen LogP contribution in [0.5, 0.6) is 0 Å². The van der Waals surface area contributed by atoms with Gasteiger partial charge in [0.15, 0.2) is 0 Å². The lowest BCUT2D eigenvalue weighted by atomic mass is 9.93. The van der Waals surface area contributed by atoms with Crippen molar-refractivity contribution in [3.05, 3.63) is 5.43 Å². The Bertz CT molecular complexity index is 217. The lowest BCUT2D eigenvalue weighted by Crippen LogP contribution is -2.45. The van der Waals surface area contributed by atoms with Crippen molar-refractivity contribution in [2.75, 3.05) is 0 Å². The summed E-state index contributed by atoms with van der Waals surface area (Å²) in [6.45, 7) is 13.0. The summed E-state index contributed by atoms with van der Waals surface area (Å²) in [6.07, 6.45) is 0.106. The fraction of sp³-hybridized carbons (Fsp3) is 1.00. The first-order valence-corrected chi connectivity index (χ1v) is 5.24. The highest BCUT2D eigenvalue weighted by molar-refractivity contribution is 4.97. The molecule has 1 rings (SSSR count). The molecule has 82 valence electrons. The molecule has 0 aromatic carbocycles. The van der Waals surface area contributed by atoms with E-state index < -0.39 is 0 Å². The molecule has 0 spiro atoms. The molecule has 0 amide bonds. The Labute approximate surface area is 86.7 Å². The Hall–Kier alpha value is -0.800. The quantitative estimate of drug-likeness (QED) is 0.669. The zero-order chi connectivity index (χ0) is 10.9. The largest absolute Gasteiger partial charge is 0.360 e. The minimum absolute atomic E-state index is 0.00266. The van der Waals surface area contributed by atoms with Crippen molar-refractivity contribution in [1.82, 2.24) is 5.01 Å². The van der Waals surface area contributed by atoms with Crippen LogP contribution >= 0.6 is 0 Å². The minimum Gasteiger partial charge on any atom is -0.360 e. The zero-order valence-electron chi connectivity index (χ0n) is 10.0. The average molecular weight is 197 g/mol. The highest BCUT2D eigenvalue weighted by Gasteiger charge is 2.29. The van der Waals surface area contributed by atoms with Gasteiger partial charge in [0.05, 0.1) is 6.17 Å². The maximum absolute atomic E-state index is 4.19. The van der Waals surface area contributed by atoms with Crippen LogP contribution in [-0.2, 0) is 0 Å². The van der Waals surface area contributed by atoms with Gasteiger partial charge < -0.3 is 10.4 Å². The average Bonchev–Trinajstić information content (AvgIpc) is 2.48. The second kappa shape index (κ2) is 3.75. The maximum atomic E-state index is 4.19. The van der Waals surface area contributed by atoms with Gasteiger partial charge in [0.1, 0.15) is 0 Å². The van der Waals surface area contributed by atoms with Crippen LogP contribution in [0.1, 0.15) is 41.5 Å². The van der Waals surface area contributed by atoms with Crippen molar-refractivity contribution in [2.24, 2.45) is 22.3 Å². The van der Waals surface area contributed by atoms with E-state index in [0.29, 0.717) is 11.8 Å². The zero-order valence-corrected chi connectivity index (χ0v) is 10.0. The summed E-state index contributed by atoms with van der Waals surface area (Å²) in [5.41, 5.74) is 4.19. The van der Waals surface area contributed by atoms with Crippen molar-refractivity contribution >= 4 is 0 Å². The standard InChI is InChI=1S/C10H21N4/c1-7(2)8(3)9-11-12-13-14(9)10(4,5)6/h7-9H,1-6H3/q-1. The SMILES string of the molecule is CC(C)C(C)C1[N-]N=NN1C(C)(C)C. The summed E-state index contributed by atoms with van der Waals surface area (Å²) in [5, 5.41) is 9.87. The lowest BCUT2D eigenvalue weighted by molar-refractivity contribution is 0.0746. The molecule has 0 aromatic rings. The molecule has 0 radical (unpaired) electrons. The van der Waals surface area contributed by atoms with Gasteiger partial charge >= 0.3 is 0 Å². The first kappa shape index (κ1) is 11.3. The Morgan fingerprint density at radius 1 is 1.21 bits per heavy atom. The van der Waals surface area contributed by atoms with Gasteiger partial charge in [-0.3, -0.25) is 10.4 Å². The molecule has 0 aliphatic carbocycles. The lowest BCUT2D eigenvalue weighted by Gasteiger charge is -2.44. The predicted octanol–water partition coefficient (Wildman–Crippen LogP) is 3.37. The first-order valence-electron chi connectivity index (χ1n) is 5.24. The molecule has 4 nitrogen and oxygen atoms in total. The fourth-order valence-corrected chi connectivity index (χ4v) is 1.42. The van der Waals surface area contributed by atoms with Gasteiger partial charge in [0.25, 0.3) is 0 Å². The number of hydrogen-bond acceptors (Lipinski definition) is 3. The second-order valence-electron chi connectivity index (χ2n) is 5.33. The Morgan fingerprint density at radius 3 is 2.21 bits per heavy atom. The third-order valence-electron chi connectivity index (χ3n) is 2.77. The summed E-state index contributed by atoms with van der Waals surface area (Å²) >= 11 is 0. The molecule has 2 unspecified atom stereocenters. The molecule has 0 fully saturated rings. The Morgan fingerprint density at radius 2 is 1.79 bits per heavy atom. The summed E-state index contributed by atoms with van der Waals surface area (Å²) < 4.78 is 0. The van der Waals surface area contributed by atoms with Gasteiger partial charge in [-0.15, -0.1) is 0 Å². The van der Waals surface area contributed by atoms with Crippen LogP contribution in [0, 0.1) is 11.8 Å². The summed E-state index contributed by atoms with van der Waals surface area (Å²) in [7, 11) is 0. The highest BCUT2D eigenvalue weighted by atomic mass is 15.8. The van der Waals surface area contributed by atoms with Crippen LogP contribution in [0.15, 0.2) is 10.4 Å². The molecule has 1 aliphatic rings. The first-order chi connectivity index (χ1) is 6.34. The molecule has 0 saturated carbocycles. The molecule has 0 N–H and O–H groups in total. The monoisotopic (exact) mass is 197 g/mol. The minimum atomic E-state index is -0.00266. The number of rotatable bonds is 2. The summed E-state index contributed by atoms with van der Waals surface area (Å²) in [6, 6.07) is 0. The van der Waals surface area contributed by atoms with Gasteiger partial charge in [-0.1, -0.05) is 20.8 Å².